The Morgan fingerprint density at radius 3 is 2.52 bits per heavy atom. The first-order valence-electron chi connectivity index (χ1n) is 8.28. The summed E-state index contributed by atoms with van der Waals surface area (Å²) in [7, 11) is 10.9. The number of hydrogen-bond acceptors (Lipinski definition) is 2. The standard InChI is InChI=1S/C19H19B2FN2O/c1-11(2)10-15-12(3)23-18(24-15)17-9-8-16(25-17)13-6-4-5-7-14(13)19(20,21)22/h4-9,11H,10H2,1-3H3,(H,23,24). The first kappa shape index (κ1) is 17.6. The van der Waals surface area contributed by atoms with E-state index >= 15 is 0 Å². The van der Waals surface area contributed by atoms with Crippen molar-refractivity contribution in [2.75, 3.05) is 0 Å². The summed E-state index contributed by atoms with van der Waals surface area (Å²) >= 11 is 0. The van der Waals surface area contributed by atoms with Crippen molar-refractivity contribution in [1.29, 1.82) is 0 Å². The van der Waals surface area contributed by atoms with Crippen LogP contribution < -0.4 is 0 Å². The van der Waals surface area contributed by atoms with E-state index in [1.54, 1.807) is 36.4 Å². The fourth-order valence-corrected chi connectivity index (χ4v) is 2.84. The third-order valence-corrected chi connectivity index (χ3v) is 4.03. The zero-order valence-corrected chi connectivity index (χ0v) is 14.6. The lowest BCUT2D eigenvalue weighted by molar-refractivity contribution is 0.403. The molecule has 1 aromatic carbocycles. The Morgan fingerprint density at radius 1 is 1.16 bits per heavy atom. The summed E-state index contributed by atoms with van der Waals surface area (Å²) in [6, 6.07) is 10.3. The molecule has 0 aliphatic heterocycles. The van der Waals surface area contributed by atoms with Gasteiger partial charge >= 0.3 is 0 Å². The molecule has 0 unspecified atom stereocenters. The smallest absolute Gasteiger partial charge is 0.174 e. The largest absolute Gasteiger partial charge is 0.453 e. The Hall–Kier alpha value is -2.23. The average molecular weight is 332 g/mol. The molecule has 0 amide bonds. The normalized spacial score (nSPS) is 12.0. The highest BCUT2D eigenvalue weighted by Gasteiger charge is 2.23. The number of H-pyrrole nitrogens is 1. The number of rotatable bonds is 5. The highest BCUT2D eigenvalue weighted by Crippen LogP contribution is 2.34. The van der Waals surface area contributed by atoms with Crippen LogP contribution in [0.1, 0.15) is 30.8 Å². The van der Waals surface area contributed by atoms with Crippen LogP contribution in [-0.2, 0) is 11.9 Å². The van der Waals surface area contributed by atoms with Crippen LogP contribution in [0.25, 0.3) is 22.9 Å². The Kier molecular flexibility index (Phi) is 4.63. The molecule has 25 heavy (non-hydrogen) atoms. The predicted molar refractivity (Wildman–Crippen MR) is 99.3 cm³/mol. The number of furan rings is 1. The van der Waals surface area contributed by atoms with Crippen LogP contribution in [0.2, 0.25) is 0 Å². The highest BCUT2D eigenvalue weighted by atomic mass is 19.1. The predicted octanol–water partition coefficient (Wildman–Crippen LogP) is 4.26. The minimum absolute atomic E-state index is 0.173. The van der Waals surface area contributed by atoms with Crippen LogP contribution in [0.3, 0.4) is 0 Å². The van der Waals surface area contributed by atoms with Gasteiger partial charge in [-0.05, 0) is 37.0 Å². The summed E-state index contributed by atoms with van der Waals surface area (Å²) in [5.41, 5.74) is 0.303. The van der Waals surface area contributed by atoms with Gasteiger partial charge in [0.15, 0.2) is 11.6 Å². The molecular formula is C19H19B2FN2O. The molecule has 1 N–H and O–H groups in total. The fraction of sp³-hybridized carbons (Fsp3) is 0.316. The van der Waals surface area contributed by atoms with Gasteiger partial charge in [0.05, 0.1) is 11.2 Å². The molecule has 0 aliphatic carbocycles. The molecule has 3 rings (SSSR count). The van der Waals surface area contributed by atoms with Crippen molar-refractivity contribution in [2.24, 2.45) is 5.92 Å². The van der Waals surface area contributed by atoms with Gasteiger partial charge in [-0.15, -0.1) is 0 Å². The summed E-state index contributed by atoms with van der Waals surface area (Å²) in [4.78, 5) is 7.87. The minimum Gasteiger partial charge on any atom is -0.453 e. The van der Waals surface area contributed by atoms with Crippen LogP contribution >= 0.6 is 0 Å². The van der Waals surface area contributed by atoms with Crippen molar-refractivity contribution in [3.63, 3.8) is 0 Å². The van der Waals surface area contributed by atoms with E-state index in [1.165, 1.54) is 0 Å². The van der Waals surface area contributed by atoms with Gasteiger partial charge in [0, 0.05) is 11.3 Å². The van der Waals surface area contributed by atoms with E-state index in [0.717, 1.165) is 17.8 Å². The average Bonchev–Trinajstić information content (AvgIpc) is 3.14. The summed E-state index contributed by atoms with van der Waals surface area (Å²) in [5.74, 6) is 2.24. The van der Waals surface area contributed by atoms with Crippen molar-refractivity contribution in [3.05, 3.63) is 53.3 Å². The van der Waals surface area contributed by atoms with Crippen LogP contribution in [-0.4, -0.2) is 25.7 Å². The molecular weight excluding hydrogens is 313 g/mol. The van der Waals surface area contributed by atoms with Gasteiger partial charge in [-0.2, -0.15) is 0 Å². The summed E-state index contributed by atoms with van der Waals surface area (Å²) in [6.07, 6.45) is 0.892. The SMILES string of the molecule is [B]C([B])(F)c1ccccc1-c1ccc(-c2nc(CC(C)C)c(C)[nH]2)o1. The van der Waals surface area contributed by atoms with E-state index < -0.39 is 5.47 Å². The molecule has 124 valence electrons. The second-order valence-corrected chi connectivity index (χ2v) is 6.73. The lowest BCUT2D eigenvalue weighted by Gasteiger charge is -2.19. The van der Waals surface area contributed by atoms with Gasteiger partial charge in [-0.1, -0.05) is 38.1 Å². The molecule has 0 spiro atoms. The van der Waals surface area contributed by atoms with Crippen LogP contribution in [0.15, 0.2) is 40.8 Å². The van der Waals surface area contributed by atoms with Gasteiger partial charge in [0.2, 0.25) is 0 Å². The second-order valence-electron chi connectivity index (χ2n) is 6.73. The monoisotopic (exact) mass is 332 g/mol. The van der Waals surface area contributed by atoms with Gasteiger partial charge in [-0.3, -0.25) is 4.39 Å². The molecule has 0 saturated carbocycles. The summed E-state index contributed by atoms with van der Waals surface area (Å²) in [5, 5.41) is 0. The zero-order chi connectivity index (χ0) is 18.2. The van der Waals surface area contributed by atoms with E-state index in [2.05, 4.69) is 23.8 Å². The van der Waals surface area contributed by atoms with Crippen LogP contribution in [0.5, 0.6) is 0 Å². The van der Waals surface area contributed by atoms with Gasteiger partial charge in [-0.25, -0.2) is 4.98 Å². The van der Waals surface area contributed by atoms with Gasteiger partial charge < -0.3 is 9.40 Å². The van der Waals surface area contributed by atoms with Gasteiger partial charge in [0.25, 0.3) is 0 Å². The third-order valence-electron chi connectivity index (χ3n) is 4.03. The topological polar surface area (TPSA) is 41.8 Å². The number of halogens is 1. The number of aromatic nitrogens is 2. The van der Waals surface area contributed by atoms with Gasteiger partial charge in [0.1, 0.15) is 21.5 Å². The molecule has 0 saturated heterocycles. The van der Waals surface area contributed by atoms with E-state index in [0.29, 0.717) is 28.8 Å². The first-order valence-corrected chi connectivity index (χ1v) is 8.28. The van der Waals surface area contributed by atoms with Crippen molar-refractivity contribution < 1.29 is 8.81 Å². The minimum atomic E-state index is -2.44. The van der Waals surface area contributed by atoms with E-state index in [4.69, 9.17) is 20.1 Å². The van der Waals surface area contributed by atoms with Crippen molar-refractivity contribution in [3.8, 4) is 22.9 Å². The molecule has 2 aromatic heterocycles. The Bertz CT molecular complexity index is 878. The molecule has 0 bridgehead atoms. The number of nitrogens with one attached hydrogen (secondary N) is 1. The first-order chi connectivity index (χ1) is 11.8. The molecule has 2 heterocycles. The maximum atomic E-state index is 14.1. The van der Waals surface area contributed by atoms with Crippen LogP contribution in [0, 0.1) is 12.8 Å². The van der Waals surface area contributed by atoms with E-state index in [-0.39, 0.29) is 5.56 Å². The van der Waals surface area contributed by atoms with Crippen LogP contribution in [0.4, 0.5) is 4.39 Å². The Balaban J connectivity index is 1.97. The quantitative estimate of drug-likeness (QED) is 0.710. The molecule has 4 radical (unpaired) electrons. The van der Waals surface area contributed by atoms with Crippen molar-refractivity contribution in [2.45, 2.75) is 32.7 Å². The molecule has 3 nitrogen and oxygen atoms in total. The van der Waals surface area contributed by atoms with Crippen molar-refractivity contribution in [1.82, 2.24) is 9.97 Å². The maximum absolute atomic E-state index is 14.1. The zero-order valence-electron chi connectivity index (χ0n) is 14.6. The van der Waals surface area contributed by atoms with E-state index in [9.17, 15) is 4.39 Å². The lowest BCUT2D eigenvalue weighted by atomic mass is 9.62. The van der Waals surface area contributed by atoms with Crippen molar-refractivity contribution >= 4 is 15.7 Å². The fourth-order valence-electron chi connectivity index (χ4n) is 2.84. The number of nitrogens with zero attached hydrogens (tertiary/aromatic N) is 1. The molecule has 3 aromatic rings. The molecule has 0 atom stereocenters. The third kappa shape index (κ3) is 3.73. The number of imidazole rings is 1. The van der Waals surface area contributed by atoms with E-state index in [1.807, 2.05) is 6.92 Å². The maximum Gasteiger partial charge on any atom is 0.174 e. The second kappa shape index (κ2) is 6.58. The molecule has 0 fully saturated rings. The Labute approximate surface area is 149 Å². The molecule has 6 heteroatoms. The Morgan fingerprint density at radius 2 is 1.84 bits per heavy atom. The number of hydrogen-bond donors (Lipinski definition) is 1. The number of aryl methyl sites for hydroxylation is 1. The highest BCUT2D eigenvalue weighted by molar-refractivity contribution is 6.39. The number of alkyl halides is 1. The lowest BCUT2D eigenvalue weighted by Crippen LogP contribution is -2.20. The number of aromatic amines is 1. The number of benzene rings is 1. The summed E-state index contributed by atoms with van der Waals surface area (Å²) < 4.78 is 20.0. The molecule has 0 aliphatic rings. The summed E-state index contributed by atoms with van der Waals surface area (Å²) in [6.45, 7) is 6.30.